The number of carbonyl (C=O) groups is 3. The highest BCUT2D eigenvalue weighted by Crippen LogP contribution is 2.23. The van der Waals surface area contributed by atoms with E-state index in [4.69, 9.17) is 9.47 Å². The molecule has 154 valence electrons. The normalized spacial score (nSPS) is 13.0. The second-order valence-electron chi connectivity index (χ2n) is 7.25. The Morgan fingerprint density at radius 3 is 1.97 bits per heavy atom. The maximum absolute atomic E-state index is 12.9. The van der Waals surface area contributed by atoms with E-state index in [1.165, 1.54) is 21.0 Å². The summed E-state index contributed by atoms with van der Waals surface area (Å²) in [7, 11) is 1.25. The molecule has 0 unspecified atom stereocenters. The Morgan fingerprint density at radius 2 is 1.41 bits per heavy atom. The summed E-state index contributed by atoms with van der Waals surface area (Å²) in [6.07, 6.45) is -0.742. The molecule has 29 heavy (non-hydrogen) atoms. The lowest BCUT2D eigenvalue weighted by atomic mass is 9.90. The highest BCUT2D eigenvalue weighted by Gasteiger charge is 2.42. The summed E-state index contributed by atoms with van der Waals surface area (Å²) < 4.78 is 10.1. The fourth-order valence-corrected chi connectivity index (χ4v) is 2.67. The maximum Gasteiger partial charge on any atom is 0.408 e. The van der Waals surface area contributed by atoms with E-state index in [-0.39, 0.29) is 6.61 Å². The van der Waals surface area contributed by atoms with Crippen molar-refractivity contribution in [1.29, 1.82) is 0 Å². The highest BCUT2D eigenvalue weighted by molar-refractivity contribution is 5.94. The van der Waals surface area contributed by atoms with Crippen LogP contribution in [0.1, 0.15) is 31.9 Å². The van der Waals surface area contributed by atoms with Crippen molar-refractivity contribution in [3.8, 4) is 0 Å². The van der Waals surface area contributed by atoms with Gasteiger partial charge in [0.15, 0.2) is 5.54 Å². The third kappa shape index (κ3) is 5.57. The minimum Gasteiger partial charge on any atom is -0.467 e. The molecule has 0 radical (unpaired) electrons. The van der Waals surface area contributed by atoms with Gasteiger partial charge in [0.2, 0.25) is 5.91 Å². The quantitative estimate of drug-likeness (QED) is 0.700. The molecule has 0 spiro atoms. The molecule has 2 rings (SSSR count). The Labute approximate surface area is 170 Å². The molecular weight excluding hydrogens is 372 g/mol. The SMILES string of the molecule is COC(=O)[C@@](C)(NC(=O)C(C)(C)NC(=O)OCc1ccccc1)c1ccccc1. The number of esters is 1. The zero-order chi connectivity index (χ0) is 21.5. The van der Waals surface area contributed by atoms with Crippen LogP contribution < -0.4 is 10.6 Å². The number of hydrogen-bond acceptors (Lipinski definition) is 5. The van der Waals surface area contributed by atoms with E-state index in [2.05, 4.69) is 10.6 Å². The van der Waals surface area contributed by atoms with Crippen LogP contribution in [0.4, 0.5) is 4.79 Å². The summed E-state index contributed by atoms with van der Waals surface area (Å²) >= 11 is 0. The Morgan fingerprint density at radius 1 is 0.862 bits per heavy atom. The molecule has 2 amide bonds. The summed E-state index contributed by atoms with van der Waals surface area (Å²) in [6, 6.07) is 17.9. The Bertz CT molecular complexity index is 852. The van der Waals surface area contributed by atoms with Crippen LogP contribution in [0.3, 0.4) is 0 Å². The van der Waals surface area contributed by atoms with Crippen molar-refractivity contribution in [2.24, 2.45) is 0 Å². The van der Waals surface area contributed by atoms with Gasteiger partial charge in [0.1, 0.15) is 12.1 Å². The van der Waals surface area contributed by atoms with Crippen molar-refractivity contribution in [3.63, 3.8) is 0 Å². The largest absolute Gasteiger partial charge is 0.467 e. The van der Waals surface area contributed by atoms with Crippen molar-refractivity contribution in [2.45, 2.75) is 38.5 Å². The van der Waals surface area contributed by atoms with E-state index in [0.29, 0.717) is 5.56 Å². The molecule has 0 aliphatic carbocycles. The number of nitrogens with one attached hydrogen (secondary N) is 2. The van der Waals surface area contributed by atoms with Gasteiger partial charge in [-0.2, -0.15) is 0 Å². The summed E-state index contributed by atoms with van der Waals surface area (Å²) in [5.41, 5.74) is -1.37. The number of carbonyl (C=O) groups excluding carboxylic acids is 3. The molecule has 7 nitrogen and oxygen atoms in total. The lowest BCUT2D eigenvalue weighted by Crippen LogP contribution is -2.61. The van der Waals surface area contributed by atoms with Crippen LogP contribution in [0.25, 0.3) is 0 Å². The number of benzene rings is 2. The molecule has 7 heteroatoms. The molecule has 2 aromatic rings. The van der Waals surface area contributed by atoms with Crippen LogP contribution in [-0.4, -0.2) is 30.6 Å². The Balaban J connectivity index is 2.07. The molecule has 0 bridgehead atoms. The standard InChI is InChI=1S/C22H26N2O5/c1-21(2,24-20(27)29-15-16-11-7-5-8-12-16)18(25)23-22(3,19(26)28-4)17-13-9-6-10-14-17/h5-14H,15H2,1-4H3,(H,23,25)(H,24,27)/t22-/m0/s1. The topological polar surface area (TPSA) is 93.7 Å². The van der Waals surface area contributed by atoms with Crippen molar-refractivity contribution < 1.29 is 23.9 Å². The van der Waals surface area contributed by atoms with Crippen LogP contribution >= 0.6 is 0 Å². The van der Waals surface area contributed by atoms with E-state index in [1.54, 1.807) is 37.3 Å². The van der Waals surface area contributed by atoms with Gasteiger partial charge < -0.3 is 20.1 Å². The fraction of sp³-hybridized carbons (Fsp3) is 0.318. The van der Waals surface area contributed by atoms with Gasteiger partial charge in [-0.25, -0.2) is 9.59 Å². The number of methoxy groups -OCH3 is 1. The number of ether oxygens (including phenoxy) is 2. The molecule has 1 atom stereocenters. The van der Waals surface area contributed by atoms with Crippen molar-refractivity contribution in [3.05, 3.63) is 71.8 Å². The summed E-state index contributed by atoms with van der Waals surface area (Å²) in [5.74, 6) is -1.19. The van der Waals surface area contributed by atoms with Crippen LogP contribution in [0.15, 0.2) is 60.7 Å². The van der Waals surface area contributed by atoms with E-state index >= 15 is 0 Å². The molecule has 0 fully saturated rings. The average Bonchev–Trinajstić information content (AvgIpc) is 2.72. The molecule has 0 aliphatic heterocycles. The fourth-order valence-electron chi connectivity index (χ4n) is 2.67. The smallest absolute Gasteiger partial charge is 0.408 e. The van der Waals surface area contributed by atoms with Gasteiger partial charge in [-0.3, -0.25) is 4.79 Å². The Kier molecular flexibility index (Phi) is 6.98. The zero-order valence-corrected chi connectivity index (χ0v) is 17.0. The van der Waals surface area contributed by atoms with Crippen LogP contribution in [-0.2, 0) is 31.2 Å². The number of alkyl carbamates (subject to hydrolysis) is 1. The van der Waals surface area contributed by atoms with Crippen LogP contribution in [0.5, 0.6) is 0 Å². The second-order valence-corrected chi connectivity index (χ2v) is 7.25. The van der Waals surface area contributed by atoms with Gasteiger partial charge >= 0.3 is 12.1 Å². The lowest BCUT2D eigenvalue weighted by molar-refractivity contribution is -0.151. The van der Waals surface area contributed by atoms with Gasteiger partial charge in [-0.05, 0) is 31.9 Å². The summed E-state index contributed by atoms with van der Waals surface area (Å²) in [5, 5.41) is 5.23. The highest BCUT2D eigenvalue weighted by atomic mass is 16.5. The number of amides is 2. The predicted octanol–water partition coefficient (Wildman–Crippen LogP) is 2.90. The minimum atomic E-state index is -1.42. The first-order valence-electron chi connectivity index (χ1n) is 9.14. The van der Waals surface area contributed by atoms with Gasteiger partial charge in [0.05, 0.1) is 7.11 Å². The molecule has 0 saturated carbocycles. The van der Waals surface area contributed by atoms with Gasteiger partial charge in [-0.15, -0.1) is 0 Å². The van der Waals surface area contributed by atoms with Crippen LogP contribution in [0, 0.1) is 0 Å². The van der Waals surface area contributed by atoms with Crippen molar-refractivity contribution in [1.82, 2.24) is 10.6 Å². The van der Waals surface area contributed by atoms with Crippen LogP contribution in [0.2, 0.25) is 0 Å². The number of rotatable bonds is 7. The predicted molar refractivity (Wildman–Crippen MR) is 108 cm³/mol. The summed E-state index contributed by atoms with van der Waals surface area (Å²) in [4.78, 5) is 37.5. The van der Waals surface area contributed by atoms with Gasteiger partial charge in [0, 0.05) is 0 Å². The number of hydrogen-bond donors (Lipinski definition) is 2. The monoisotopic (exact) mass is 398 g/mol. The van der Waals surface area contributed by atoms with E-state index < -0.39 is 29.0 Å². The van der Waals surface area contributed by atoms with Crippen molar-refractivity contribution >= 4 is 18.0 Å². The molecule has 0 heterocycles. The van der Waals surface area contributed by atoms with E-state index in [0.717, 1.165) is 5.56 Å². The molecular formula is C22H26N2O5. The molecule has 0 aliphatic rings. The minimum absolute atomic E-state index is 0.0776. The van der Waals surface area contributed by atoms with Gasteiger partial charge in [-0.1, -0.05) is 60.7 Å². The zero-order valence-electron chi connectivity index (χ0n) is 17.0. The molecule has 2 aromatic carbocycles. The third-order valence-corrected chi connectivity index (χ3v) is 4.50. The maximum atomic E-state index is 12.9. The first-order valence-corrected chi connectivity index (χ1v) is 9.14. The third-order valence-electron chi connectivity index (χ3n) is 4.50. The second kappa shape index (κ2) is 9.23. The first-order chi connectivity index (χ1) is 13.7. The van der Waals surface area contributed by atoms with E-state index in [1.807, 2.05) is 30.3 Å². The molecule has 0 aromatic heterocycles. The molecule has 2 N–H and O–H groups in total. The average molecular weight is 398 g/mol. The Hall–Kier alpha value is -3.35. The molecule has 0 saturated heterocycles. The van der Waals surface area contributed by atoms with E-state index in [9.17, 15) is 14.4 Å². The lowest BCUT2D eigenvalue weighted by Gasteiger charge is -2.33. The van der Waals surface area contributed by atoms with Crippen molar-refractivity contribution in [2.75, 3.05) is 7.11 Å². The first kappa shape index (κ1) is 21.9. The summed E-state index contributed by atoms with van der Waals surface area (Å²) in [6.45, 7) is 4.67. The van der Waals surface area contributed by atoms with Gasteiger partial charge in [0.25, 0.3) is 0 Å².